The minimum Gasteiger partial charge on any atom is -0.477 e. The number of rotatable bonds is 5. The number of aromatic nitrogens is 2. The van der Waals surface area contributed by atoms with Gasteiger partial charge in [0.2, 0.25) is 0 Å². The molecule has 0 saturated carbocycles. The molecule has 7 heteroatoms. The van der Waals surface area contributed by atoms with Crippen LogP contribution in [0.5, 0.6) is 0 Å². The summed E-state index contributed by atoms with van der Waals surface area (Å²) in [5, 5.41) is 15.5. The van der Waals surface area contributed by atoms with Crippen LogP contribution in [0.25, 0.3) is 0 Å². The van der Waals surface area contributed by atoms with Crippen molar-refractivity contribution in [3.8, 4) is 0 Å². The highest BCUT2D eigenvalue weighted by atomic mass is 16.5. The zero-order chi connectivity index (χ0) is 16.1. The van der Waals surface area contributed by atoms with E-state index in [1.54, 1.807) is 0 Å². The molecule has 0 aliphatic heterocycles. The smallest absolute Gasteiger partial charge is 0.413 e. The van der Waals surface area contributed by atoms with Gasteiger partial charge in [-0.1, -0.05) is 30.3 Å². The molecule has 7 nitrogen and oxygen atoms in total. The van der Waals surface area contributed by atoms with Crippen LogP contribution >= 0.6 is 0 Å². The molecule has 2 N–H and O–H groups in total. The predicted octanol–water partition coefficient (Wildman–Crippen LogP) is 2.91. The van der Waals surface area contributed by atoms with E-state index >= 15 is 0 Å². The summed E-state index contributed by atoms with van der Waals surface area (Å²) < 4.78 is 6.51. The van der Waals surface area contributed by atoms with Gasteiger partial charge in [-0.15, -0.1) is 0 Å². The SMILES string of the molecule is CC(C)n1cc(C(=O)O)c(NC(=O)OCc2ccccc2)n1. The number of hydrogen-bond acceptors (Lipinski definition) is 4. The first-order chi connectivity index (χ1) is 10.5. The molecule has 0 unspecified atom stereocenters. The van der Waals surface area contributed by atoms with Gasteiger partial charge in [-0.3, -0.25) is 10.00 Å². The van der Waals surface area contributed by atoms with Crippen molar-refractivity contribution in [2.24, 2.45) is 0 Å². The number of hydrogen-bond donors (Lipinski definition) is 2. The Hall–Kier alpha value is -2.83. The van der Waals surface area contributed by atoms with Crippen molar-refractivity contribution in [1.29, 1.82) is 0 Å². The fraction of sp³-hybridized carbons (Fsp3) is 0.267. The second kappa shape index (κ2) is 6.75. The standard InChI is InChI=1S/C15H17N3O4/c1-10(2)18-8-12(14(19)20)13(17-18)16-15(21)22-9-11-6-4-3-5-7-11/h3-8,10H,9H2,1-2H3,(H,19,20)(H,16,17,21). The van der Waals surface area contributed by atoms with Crippen LogP contribution in [0.4, 0.5) is 10.6 Å². The molecule has 0 saturated heterocycles. The van der Waals surface area contributed by atoms with Gasteiger partial charge in [0.1, 0.15) is 12.2 Å². The summed E-state index contributed by atoms with van der Waals surface area (Å²) in [6.45, 7) is 3.81. The molecule has 0 aliphatic rings. The van der Waals surface area contributed by atoms with Crippen molar-refractivity contribution in [2.75, 3.05) is 5.32 Å². The van der Waals surface area contributed by atoms with Gasteiger partial charge in [-0.25, -0.2) is 9.59 Å². The van der Waals surface area contributed by atoms with E-state index in [0.717, 1.165) is 5.56 Å². The Morgan fingerprint density at radius 2 is 2.00 bits per heavy atom. The molecule has 0 radical (unpaired) electrons. The Morgan fingerprint density at radius 1 is 1.32 bits per heavy atom. The second-order valence-electron chi connectivity index (χ2n) is 4.96. The van der Waals surface area contributed by atoms with Crippen LogP contribution in [0.1, 0.15) is 35.8 Å². The third-order valence-corrected chi connectivity index (χ3v) is 2.92. The van der Waals surface area contributed by atoms with Crippen LogP contribution in [0.2, 0.25) is 0 Å². The number of aromatic carboxylic acids is 1. The van der Waals surface area contributed by atoms with Gasteiger partial charge in [0.25, 0.3) is 0 Å². The van der Waals surface area contributed by atoms with E-state index in [1.165, 1.54) is 10.9 Å². The van der Waals surface area contributed by atoms with Crippen LogP contribution in [-0.4, -0.2) is 26.9 Å². The predicted molar refractivity (Wildman–Crippen MR) is 79.8 cm³/mol. The van der Waals surface area contributed by atoms with E-state index in [-0.39, 0.29) is 24.0 Å². The van der Waals surface area contributed by atoms with E-state index in [1.807, 2.05) is 44.2 Å². The van der Waals surface area contributed by atoms with Crippen molar-refractivity contribution < 1.29 is 19.4 Å². The Kier molecular flexibility index (Phi) is 4.77. The van der Waals surface area contributed by atoms with E-state index < -0.39 is 12.1 Å². The van der Waals surface area contributed by atoms with Gasteiger partial charge in [0.15, 0.2) is 5.82 Å². The Morgan fingerprint density at radius 3 is 2.59 bits per heavy atom. The van der Waals surface area contributed by atoms with Gasteiger partial charge < -0.3 is 9.84 Å². The lowest BCUT2D eigenvalue weighted by atomic mass is 10.2. The van der Waals surface area contributed by atoms with E-state index in [2.05, 4.69) is 10.4 Å². The molecule has 22 heavy (non-hydrogen) atoms. The van der Waals surface area contributed by atoms with Gasteiger partial charge in [0, 0.05) is 12.2 Å². The van der Waals surface area contributed by atoms with Crippen molar-refractivity contribution >= 4 is 17.9 Å². The molecular weight excluding hydrogens is 286 g/mol. The summed E-state index contributed by atoms with van der Waals surface area (Å²) in [5.74, 6) is -1.19. The summed E-state index contributed by atoms with van der Waals surface area (Å²) in [6.07, 6.45) is 0.625. The Labute approximate surface area is 127 Å². The van der Waals surface area contributed by atoms with Crippen LogP contribution in [0, 0.1) is 0 Å². The summed E-state index contributed by atoms with van der Waals surface area (Å²) in [7, 11) is 0. The first kappa shape index (κ1) is 15.6. The molecule has 1 amide bonds. The van der Waals surface area contributed by atoms with Crippen molar-refractivity contribution in [1.82, 2.24) is 9.78 Å². The maximum Gasteiger partial charge on any atom is 0.413 e. The summed E-state index contributed by atoms with van der Waals surface area (Å²) in [4.78, 5) is 22.9. The Bertz CT molecular complexity index is 665. The Balaban J connectivity index is 2.03. The number of ether oxygens (including phenoxy) is 1. The maximum atomic E-state index is 11.8. The highest BCUT2D eigenvalue weighted by molar-refractivity contribution is 5.97. The van der Waals surface area contributed by atoms with E-state index in [0.29, 0.717) is 0 Å². The number of nitrogens with zero attached hydrogens (tertiary/aromatic N) is 2. The molecule has 0 bridgehead atoms. The molecule has 2 rings (SSSR count). The van der Waals surface area contributed by atoms with Crippen LogP contribution < -0.4 is 5.32 Å². The average Bonchev–Trinajstić information content (AvgIpc) is 2.90. The normalized spacial score (nSPS) is 10.5. The molecule has 0 atom stereocenters. The van der Waals surface area contributed by atoms with Crippen molar-refractivity contribution in [2.45, 2.75) is 26.5 Å². The van der Waals surface area contributed by atoms with Gasteiger partial charge in [0.05, 0.1) is 0 Å². The third-order valence-electron chi connectivity index (χ3n) is 2.92. The fourth-order valence-corrected chi connectivity index (χ4v) is 1.76. The summed E-state index contributed by atoms with van der Waals surface area (Å²) >= 11 is 0. The lowest BCUT2D eigenvalue weighted by Gasteiger charge is -2.06. The lowest BCUT2D eigenvalue weighted by molar-refractivity contribution is 0.0698. The molecule has 1 heterocycles. The minimum absolute atomic E-state index is 0.0195. The first-order valence-corrected chi connectivity index (χ1v) is 6.77. The molecular formula is C15H17N3O4. The zero-order valence-electron chi connectivity index (χ0n) is 12.3. The number of carboxylic acids is 1. The molecule has 1 aromatic carbocycles. The van der Waals surface area contributed by atoms with Gasteiger partial charge in [-0.05, 0) is 19.4 Å². The summed E-state index contributed by atoms with van der Waals surface area (Å²) in [5.41, 5.74) is 0.758. The highest BCUT2D eigenvalue weighted by Gasteiger charge is 2.19. The summed E-state index contributed by atoms with van der Waals surface area (Å²) in [6, 6.07) is 9.16. The number of amides is 1. The minimum atomic E-state index is -1.16. The first-order valence-electron chi connectivity index (χ1n) is 6.77. The van der Waals surface area contributed by atoms with Gasteiger partial charge in [-0.2, -0.15) is 5.10 Å². The lowest BCUT2D eigenvalue weighted by Crippen LogP contribution is -2.16. The zero-order valence-corrected chi connectivity index (χ0v) is 12.3. The number of carbonyl (C=O) groups excluding carboxylic acids is 1. The van der Waals surface area contributed by atoms with Crippen LogP contribution in [0.3, 0.4) is 0 Å². The van der Waals surface area contributed by atoms with E-state index in [9.17, 15) is 9.59 Å². The van der Waals surface area contributed by atoms with Crippen molar-refractivity contribution in [3.63, 3.8) is 0 Å². The largest absolute Gasteiger partial charge is 0.477 e. The van der Waals surface area contributed by atoms with Gasteiger partial charge >= 0.3 is 12.1 Å². The van der Waals surface area contributed by atoms with E-state index in [4.69, 9.17) is 9.84 Å². The molecule has 2 aromatic rings. The van der Waals surface area contributed by atoms with Crippen LogP contribution in [0.15, 0.2) is 36.5 Å². The molecule has 0 spiro atoms. The van der Waals surface area contributed by atoms with Crippen molar-refractivity contribution in [3.05, 3.63) is 47.7 Å². The maximum absolute atomic E-state index is 11.8. The molecule has 1 aromatic heterocycles. The number of benzene rings is 1. The molecule has 0 fully saturated rings. The molecule has 0 aliphatic carbocycles. The number of carboxylic acid groups (broad SMARTS) is 1. The number of anilines is 1. The topological polar surface area (TPSA) is 93.5 Å². The average molecular weight is 303 g/mol. The second-order valence-corrected chi connectivity index (χ2v) is 4.96. The highest BCUT2D eigenvalue weighted by Crippen LogP contribution is 2.16. The third kappa shape index (κ3) is 3.85. The van der Waals surface area contributed by atoms with Crippen LogP contribution in [-0.2, 0) is 11.3 Å². The monoisotopic (exact) mass is 303 g/mol. The fourth-order valence-electron chi connectivity index (χ4n) is 1.76. The quantitative estimate of drug-likeness (QED) is 0.885. The number of carbonyl (C=O) groups is 2. The number of nitrogens with one attached hydrogen (secondary N) is 1. The molecule has 116 valence electrons.